The summed E-state index contributed by atoms with van der Waals surface area (Å²) in [7, 11) is 0. The molecule has 0 aliphatic heterocycles. The van der Waals surface area contributed by atoms with Crippen LogP contribution in [0.3, 0.4) is 0 Å². The molecule has 0 radical (unpaired) electrons. The van der Waals surface area contributed by atoms with E-state index in [1.165, 1.54) is 18.6 Å². The number of nitrogens with one attached hydrogen (secondary N) is 1. The number of hydrogen-bond acceptors (Lipinski definition) is 3. The van der Waals surface area contributed by atoms with Gasteiger partial charge in [0.25, 0.3) is 0 Å². The maximum atomic E-state index is 12.2. The number of aliphatic imine (C=N–C) groups is 1. The van der Waals surface area contributed by atoms with E-state index in [-0.39, 0.29) is 17.2 Å². The molecule has 5 nitrogen and oxygen atoms in total. The lowest BCUT2D eigenvalue weighted by Crippen LogP contribution is -2.68. The van der Waals surface area contributed by atoms with Crippen molar-refractivity contribution in [2.75, 3.05) is 6.61 Å². The van der Waals surface area contributed by atoms with Gasteiger partial charge in [0, 0.05) is 18.1 Å². The summed E-state index contributed by atoms with van der Waals surface area (Å²) in [6.45, 7) is 3.02. The maximum Gasteiger partial charge on any atom is 0.573 e. The number of rotatable bonds is 6. The molecule has 8 heteroatoms. The number of nitrogens with two attached hydrogens (primary N) is 1. The lowest BCUT2D eigenvalue weighted by molar-refractivity contribution is -0.274. The summed E-state index contributed by atoms with van der Waals surface area (Å²) >= 11 is 0. The smallest absolute Gasteiger partial charge is 0.406 e. The molecule has 0 heterocycles. The fourth-order valence-corrected chi connectivity index (χ4v) is 3.84. The minimum atomic E-state index is -4.69. The van der Waals surface area contributed by atoms with Crippen molar-refractivity contribution in [1.29, 1.82) is 0 Å². The molecule has 0 amide bonds. The van der Waals surface area contributed by atoms with Gasteiger partial charge in [-0.25, -0.2) is 4.99 Å². The molecule has 0 saturated heterocycles. The third kappa shape index (κ3) is 4.06. The quantitative estimate of drug-likeness (QED) is 0.594. The lowest BCUT2D eigenvalue weighted by Gasteiger charge is -2.61. The van der Waals surface area contributed by atoms with Crippen molar-refractivity contribution in [3.8, 4) is 5.75 Å². The zero-order valence-corrected chi connectivity index (χ0v) is 14.7. The highest BCUT2D eigenvalue weighted by atomic mass is 19.4. The first-order valence-corrected chi connectivity index (χ1v) is 8.85. The van der Waals surface area contributed by atoms with Gasteiger partial charge < -0.3 is 20.5 Å². The summed E-state index contributed by atoms with van der Waals surface area (Å²) in [6, 6.07) is 5.90. The molecule has 2 aliphatic carbocycles. The Bertz CT molecular complexity index is 642. The van der Waals surface area contributed by atoms with Crippen molar-refractivity contribution in [3.63, 3.8) is 0 Å². The summed E-state index contributed by atoms with van der Waals surface area (Å²) in [5.74, 6) is 0.103. The van der Waals surface area contributed by atoms with E-state index < -0.39 is 6.36 Å². The van der Waals surface area contributed by atoms with E-state index >= 15 is 0 Å². The van der Waals surface area contributed by atoms with E-state index in [1.807, 2.05) is 6.92 Å². The highest BCUT2D eigenvalue weighted by molar-refractivity contribution is 5.78. The van der Waals surface area contributed by atoms with E-state index in [2.05, 4.69) is 15.0 Å². The molecule has 144 valence electrons. The van der Waals surface area contributed by atoms with Crippen LogP contribution in [0.2, 0.25) is 0 Å². The predicted octanol–water partition coefficient (Wildman–Crippen LogP) is 3.34. The SMILES string of the molecule is CCOC1CC(NC(N)=NCc2ccc(OC(F)(F)F)cc2)C12CCC2. The first-order valence-electron chi connectivity index (χ1n) is 8.85. The molecule has 2 unspecified atom stereocenters. The summed E-state index contributed by atoms with van der Waals surface area (Å²) in [5, 5.41) is 3.28. The topological polar surface area (TPSA) is 68.9 Å². The Kier molecular flexibility index (Phi) is 5.32. The average Bonchev–Trinajstić information content (AvgIpc) is 2.50. The predicted molar refractivity (Wildman–Crippen MR) is 91.7 cm³/mol. The fraction of sp³-hybridized carbons (Fsp3) is 0.611. The maximum absolute atomic E-state index is 12.2. The zero-order valence-electron chi connectivity index (χ0n) is 14.7. The molecule has 2 saturated carbocycles. The molecule has 3 N–H and O–H groups in total. The van der Waals surface area contributed by atoms with Crippen molar-refractivity contribution >= 4 is 5.96 Å². The normalized spacial score (nSPS) is 24.7. The number of ether oxygens (including phenoxy) is 2. The minimum absolute atomic E-state index is 0.187. The second kappa shape index (κ2) is 7.34. The van der Waals surface area contributed by atoms with Crippen LogP contribution in [0.1, 0.15) is 38.2 Å². The Labute approximate surface area is 150 Å². The van der Waals surface area contributed by atoms with Gasteiger partial charge in [-0.2, -0.15) is 0 Å². The Balaban J connectivity index is 1.51. The molecule has 2 atom stereocenters. The van der Waals surface area contributed by atoms with Gasteiger partial charge in [0.1, 0.15) is 5.75 Å². The standard InChI is InChI=1S/C18H24F3N3O2/c1-2-25-15-10-14(17(15)8-3-9-17)24-16(22)23-11-12-4-6-13(7-5-12)26-18(19,20)21/h4-7,14-15H,2-3,8-11H2,1H3,(H3,22,23,24). The third-order valence-corrected chi connectivity index (χ3v) is 5.35. The highest BCUT2D eigenvalue weighted by Gasteiger charge is 2.59. The van der Waals surface area contributed by atoms with Crippen LogP contribution in [0.4, 0.5) is 13.2 Å². The number of halogens is 3. The van der Waals surface area contributed by atoms with Gasteiger partial charge >= 0.3 is 6.36 Å². The van der Waals surface area contributed by atoms with Gasteiger partial charge in [-0.15, -0.1) is 13.2 Å². The molecule has 2 aliphatic rings. The van der Waals surface area contributed by atoms with Crippen LogP contribution < -0.4 is 15.8 Å². The Hall–Kier alpha value is -1.96. The molecule has 3 rings (SSSR count). The fourth-order valence-electron chi connectivity index (χ4n) is 3.84. The molecule has 1 aromatic rings. The van der Waals surface area contributed by atoms with Crippen LogP contribution in [0.5, 0.6) is 5.75 Å². The van der Waals surface area contributed by atoms with Gasteiger partial charge in [0.15, 0.2) is 5.96 Å². The Morgan fingerprint density at radius 2 is 2.00 bits per heavy atom. The van der Waals surface area contributed by atoms with E-state index in [9.17, 15) is 13.2 Å². The Morgan fingerprint density at radius 3 is 2.54 bits per heavy atom. The van der Waals surface area contributed by atoms with Crippen molar-refractivity contribution in [2.24, 2.45) is 16.1 Å². The van der Waals surface area contributed by atoms with Crippen molar-refractivity contribution in [3.05, 3.63) is 29.8 Å². The number of benzene rings is 1. The third-order valence-electron chi connectivity index (χ3n) is 5.35. The molecule has 2 fully saturated rings. The largest absolute Gasteiger partial charge is 0.573 e. The second-order valence-corrected chi connectivity index (χ2v) is 6.86. The van der Waals surface area contributed by atoms with Crippen LogP contribution in [0.25, 0.3) is 0 Å². The molecule has 1 spiro atoms. The first-order chi connectivity index (χ1) is 12.3. The van der Waals surface area contributed by atoms with Crippen molar-refractivity contribution < 1.29 is 22.6 Å². The molecule has 26 heavy (non-hydrogen) atoms. The van der Waals surface area contributed by atoms with Crippen LogP contribution in [0, 0.1) is 5.41 Å². The van der Waals surface area contributed by atoms with Gasteiger partial charge in [-0.3, -0.25) is 0 Å². The van der Waals surface area contributed by atoms with Crippen LogP contribution in [-0.4, -0.2) is 31.1 Å². The summed E-state index contributed by atoms with van der Waals surface area (Å²) < 4.78 is 46.1. The van der Waals surface area contributed by atoms with Gasteiger partial charge in [0.2, 0.25) is 0 Å². The summed E-state index contributed by atoms with van der Waals surface area (Å²) in [5.41, 5.74) is 6.93. The molecule has 0 aromatic heterocycles. The van der Waals surface area contributed by atoms with Gasteiger partial charge in [0.05, 0.1) is 12.6 Å². The van der Waals surface area contributed by atoms with Crippen LogP contribution >= 0.6 is 0 Å². The summed E-state index contributed by atoms with van der Waals surface area (Å²) in [4.78, 5) is 4.29. The van der Waals surface area contributed by atoms with E-state index in [4.69, 9.17) is 10.5 Å². The molecule has 1 aromatic carbocycles. The first kappa shape index (κ1) is 18.8. The van der Waals surface area contributed by atoms with Crippen LogP contribution in [0.15, 0.2) is 29.3 Å². The summed E-state index contributed by atoms with van der Waals surface area (Å²) in [6.07, 6.45) is 0.0338. The number of alkyl halides is 3. The molecular formula is C18H24F3N3O2. The molecule has 0 bridgehead atoms. The highest BCUT2D eigenvalue weighted by Crippen LogP contribution is 2.57. The zero-order chi connectivity index (χ0) is 18.8. The monoisotopic (exact) mass is 371 g/mol. The Morgan fingerprint density at radius 1 is 1.31 bits per heavy atom. The van der Waals surface area contributed by atoms with Gasteiger partial charge in [-0.1, -0.05) is 18.6 Å². The minimum Gasteiger partial charge on any atom is -0.406 e. The van der Waals surface area contributed by atoms with E-state index in [1.54, 1.807) is 12.1 Å². The van der Waals surface area contributed by atoms with Gasteiger partial charge in [-0.05, 0) is 43.9 Å². The van der Waals surface area contributed by atoms with E-state index in [0.717, 1.165) is 31.4 Å². The van der Waals surface area contributed by atoms with E-state index in [0.29, 0.717) is 18.6 Å². The van der Waals surface area contributed by atoms with Crippen molar-refractivity contribution in [1.82, 2.24) is 5.32 Å². The van der Waals surface area contributed by atoms with Crippen molar-refractivity contribution in [2.45, 2.75) is 57.7 Å². The number of hydrogen-bond donors (Lipinski definition) is 2. The number of guanidine groups is 1. The molecular weight excluding hydrogens is 347 g/mol. The van der Waals surface area contributed by atoms with Crippen LogP contribution in [-0.2, 0) is 11.3 Å². The lowest BCUT2D eigenvalue weighted by atomic mass is 9.51. The average molecular weight is 371 g/mol. The second-order valence-electron chi connectivity index (χ2n) is 6.86. The number of nitrogens with zero attached hydrogens (tertiary/aromatic N) is 1.